The van der Waals surface area contributed by atoms with Crippen LogP contribution in [0.1, 0.15) is 16.2 Å². The summed E-state index contributed by atoms with van der Waals surface area (Å²) < 4.78 is 11.0. The first-order chi connectivity index (χ1) is 10.7. The number of para-hydroxylation sites is 1. The Morgan fingerprint density at radius 2 is 2.05 bits per heavy atom. The zero-order valence-corrected chi connectivity index (χ0v) is 12.0. The van der Waals surface area contributed by atoms with E-state index in [1.807, 2.05) is 36.4 Å². The number of carbonyl (C=O) groups excluding carboxylic acids is 1. The number of nitrogens with zero attached hydrogens (tertiary/aromatic N) is 2. The lowest BCUT2D eigenvalue weighted by atomic mass is 10.3. The molecule has 0 radical (unpaired) electrons. The summed E-state index contributed by atoms with van der Waals surface area (Å²) in [6.45, 7) is 0.425. The zero-order chi connectivity index (χ0) is 15.4. The maximum Gasteiger partial charge on any atom is 0.290 e. The molecule has 1 amide bonds. The van der Waals surface area contributed by atoms with E-state index in [0.29, 0.717) is 12.3 Å². The van der Waals surface area contributed by atoms with Crippen molar-refractivity contribution in [3.8, 4) is 11.7 Å². The van der Waals surface area contributed by atoms with Crippen molar-refractivity contribution in [2.24, 2.45) is 0 Å². The topological polar surface area (TPSA) is 71.4 Å². The molecule has 1 N–H and O–H groups in total. The Balaban J connectivity index is 1.66. The third kappa shape index (κ3) is 3.17. The Bertz CT molecular complexity index is 735. The Hall–Kier alpha value is -3.02. The highest BCUT2D eigenvalue weighted by atomic mass is 16.6. The molecule has 2 heterocycles. The molecular weight excluding hydrogens is 282 g/mol. The molecular formula is C16H15N3O3. The molecule has 1 aromatic carbocycles. The molecule has 3 aromatic rings. The van der Waals surface area contributed by atoms with Crippen molar-refractivity contribution in [2.45, 2.75) is 6.54 Å². The van der Waals surface area contributed by atoms with Gasteiger partial charge in [-0.05, 0) is 24.3 Å². The van der Waals surface area contributed by atoms with E-state index in [1.54, 1.807) is 30.3 Å². The molecule has 22 heavy (non-hydrogen) atoms. The standard InChI is InChI=1S/C16H15N3O3/c1-19(11-12-9-10-17-18-12)16(20)14-7-8-15(22-14)21-13-5-3-2-4-6-13/h2-10H,11H2,1H3,(H,17,18). The first-order valence-electron chi connectivity index (χ1n) is 6.79. The quantitative estimate of drug-likeness (QED) is 0.785. The molecule has 0 aliphatic heterocycles. The van der Waals surface area contributed by atoms with Gasteiger partial charge < -0.3 is 14.1 Å². The fraction of sp³-hybridized carbons (Fsp3) is 0.125. The van der Waals surface area contributed by atoms with Gasteiger partial charge >= 0.3 is 0 Å². The Kier molecular flexibility index (Phi) is 3.91. The number of H-pyrrole nitrogens is 1. The number of rotatable bonds is 5. The summed E-state index contributed by atoms with van der Waals surface area (Å²) in [5, 5.41) is 6.66. The number of benzene rings is 1. The van der Waals surface area contributed by atoms with Gasteiger partial charge in [-0.1, -0.05) is 18.2 Å². The van der Waals surface area contributed by atoms with Gasteiger partial charge in [0, 0.05) is 19.3 Å². The predicted octanol–water partition coefficient (Wildman–Crippen LogP) is 3.07. The van der Waals surface area contributed by atoms with E-state index in [9.17, 15) is 4.79 Å². The molecule has 0 aliphatic rings. The maximum atomic E-state index is 12.3. The van der Waals surface area contributed by atoms with Crippen LogP contribution >= 0.6 is 0 Å². The molecule has 6 heteroatoms. The number of hydrogen-bond donors (Lipinski definition) is 1. The first kappa shape index (κ1) is 13.9. The lowest BCUT2D eigenvalue weighted by Crippen LogP contribution is -2.25. The molecule has 0 fully saturated rings. The predicted molar refractivity (Wildman–Crippen MR) is 79.6 cm³/mol. The number of furan rings is 1. The van der Waals surface area contributed by atoms with Crippen LogP contribution in [0.25, 0.3) is 0 Å². The van der Waals surface area contributed by atoms with Gasteiger partial charge in [-0.2, -0.15) is 5.10 Å². The monoisotopic (exact) mass is 297 g/mol. The van der Waals surface area contributed by atoms with Crippen LogP contribution in [0.15, 0.2) is 59.1 Å². The van der Waals surface area contributed by atoms with E-state index >= 15 is 0 Å². The summed E-state index contributed by atoms with van der Waals surface area (Å²) in [5.41, 5.74) is 0.850. The molecule has 0 aliphatic carbocycles. The fourth-order valence-electron chi connectivity index (χ4n) is 1.98. The Labute approximate surface area is 127 Å². The van der Waals surface area contributed by atoms with Crippen molar-refractivity contribution in [1.29, 1.82) is 0 Å². The molecule has 112 valence electrons. The summed E-state index contributed by atoms with van der Waals surface area (Å²) in [6, 6.07) is 14.3. The van der Waals surface area contributed by atoms with E-state index in [4.69, 9.17) is 9.15 Å². The molecule has 6 nitrogen and oxygen atoms in total. The lowest BCUT2D eigenvalue weighted by molar-refractivity contribution is 0.0746. The number of carbonyl (C=O) groups is 1. The Morgan fingerprint density at radius 1 is 1.23 bits per heavy atom. The molecule has 0 saturated heterocycles. The first-order valence-corrected chi connectivity index (χ1v) is 6.79. The van der Waals surface area contributed by atoms with Crippen LogP contribution in [0.2, 0.25) is 0 Å². The number of ether oxygens (including phenoxy) is 1. The molecule has 0 atom stereocenters. The average molecular weight is 297 g/mol. The molecule has 0 bridgehead atoms. The second-order valence-electron chi connectivity index (χ2n) is 4.78. The third-order valence-corrected chi connectivity index (χ3v) is 3.07. The molecule has 0 spiro atoms. The van der Waals surface area contributed by atoms with Crippen molar-refractivity contribution in [2.75, 3.05) is 7.05 Å². The minimum Gasteiger partial charge on any atom is -0.426 e. The fourth-order valence-corrected chi connectivity index (χ4v) is 1.98. The largest absolute Gasteiger partial charge is 0.426 e. The highest BCUT2D eigenvalue weighted by Crippen LogP contribution is 2.24. The van der Waals surface area contributed by atoms with Gasteiger partial charge in [0.2, 0.25) is 0 Å². The summed E-state index contributed by atoms with van der Waals surface area (Å²) in [5.74, 6) is 0.941. The van der Waals surface area contributed by atoms with E-state index in [2.05, 4.69) is 10.2 Å². The highest BCUT2D eigenvalue weighted by molar-refractivity contribution is 5.91. The van der Waals surface area contributed by atoms with Crippen LogP contribution in [-0.2, 0) is 6.54 Å². The molecule has 2 aromatic heterocycles. The van der Waals surface area contributed by atoms with E-state index in [0.717, 1.165) is 5.69 Å². The zero-order valence-electron chi connectivity index (χ0n) is 12.0. The normalized spacial score (nSPS) is 10.4. The second-order valence-corrected chi connectivity index (χ2v) is 4.78. The van der Waals surface area contributed by atoms with Gasteiger partial charge in [0.05, 0.1) is 12.2 Å². The summed E-state index contributed by atoms with van der Waals surface area (Å²) in [7, 11) is 1.70. The van der Waals surface area contributed by atoms with Crippen molar-refractivity contribution in [3.63, 3.8) is 0 Å². The van der Waals surface area contributed by atoms with Crippen molar-refractivity contribution in [3.05, 3.63) is 66.2 Å². The van der Waals surface area contributed by atoms with Gasteiger partial charge in [-0.3, -0.25) is 9.89 Å². The molecule has 3 rings (SSSR count). The Morgan fingerprint density at radius 3 is 2.77 bits per heavy atom. The third-order valence-electron chi connectivity index (χ3n) is 3.07. The van der Waals surface area contributed by atoms with Gasteiger partial charge in [0.25, 0.3) is 11.9 Å². The summed E-state index contributed by atoms with van der Waals surface area (Å²) in [4.78, 5) is 13.8. The number of aromatic amines is 1. The van der Waals surface area contributed by atoms with E-state index < -0.39 is 0 Å². The number of aromatic nitrogens is 2. The smallest absolute Gasteiger partial charge is 0.290 e. The summed E-state index contributed by atoms with van der Waals surface area (Å²) in [6.07, 6.45) is 1.65. The number of nitrogens with one attached hydrogen (secondary N) is 1. The van der Waals surface area contributed by atoms with Gasteiger partial charge in [0.1, 0.15) is 5.75 Å². The van der Waals surface area contributed by atoms with Gasteiger partial charge in [-0.15, -0.1) is 0 Å². The van der Waals surface area contributed by atoms with Crippen LogP contribution in [-0.4, -0.2) is 28.1 Å². The van der Waals surface area contributed by atoms with Crippen LogP contribution in [0.4, 0.5) is 0 Å². The van der Waals surface area contributed by atoms with Gasteiger partial charge in [0.15, 0.2) is 5.76 Å². The van der Waals surface area contributed by atoms with Crippen molar-refractivity contribution >= 4 is 5.91 Å². The minimum absolute atomic E-state index is 0.225. The van der Waals surface area contributed by atoms with E-state index in [-0.39, 0.29) is 17.6 Å². The van der Waals surface area contributed by atoms with E-state index in [1.165, 1.54) is 0 Å². The summed E-state index contributed by atoms with van der Waals surface area (Å²) >= 11 is 0. The van der Waals surface area contributed by atoms with Crippen LogP contribution in [0, 0.1) is 0 Å². The molecule has 0 unspecified atom stereocenters. The maximum absolute atomic E-state index is 12.3. The number of hydrogen-bond acceptors (Lipinski definition) is 4. The van der Waals surface area contributed by atoms with Crippen LogP contribution in [0.3, 0.4) is 0 Å². The van der Waals surface area contributed by atoms with Gasteiger partial charge in [-0.25, -0.2) is 0 Å². The number of amides is 1. The average Bonchev–Trinajstić information content (AvgIpc) is 3.19. The van der Waals surface area contributed by atoms with Crippen molar-refractivity contribution in [1.82, 2.24) is 15.1 Å². The SMILES string of the molecule is CN(Cc1ccn[nH]1)C(=O)c1ccc(Oc2ccccc2)o1. The molecule has 0 saturated carbocycles. The minimum atomic E-state index is -0.225. The highest BCUT2D eigenvalue weighted by Gasteiger charge is 2.17. The lowest BCUT2D eigenvalue weighted by Gasteiger charge is -2.14. The van der Waals surface area contributed by atoms with Crippen LogP contribution in [0.5, 0.6) is 11.7 Å². The van der Waals surface area contributed by atoms with Crippen LogP contribution < -0.4 is 4.74 Å². The van der Waals surface area contributed by atoms with Crippen molar-refractivity contribution < 1.29 is 13.9 Å². The second kappa shape index (κ2) is 6.17.